The summed E-state index contributed by atoms with van der Waals surface area (Å²) >= 11 is 3.33. The molecule has 0 aliphatic carbocycles. The van der Waals surface area contributed by atoms with Crippen LogP contribution < -0.4 is 0 Å². The topological polar surface area (TPSA) is 40.5 Å². The highest BCUT2D eigenvalue weighted by molar-refractivity contribution is 9.10. The highest BCUT2D eigenvalue weighted by Gasteiger charge is 2.35. The van der Waals surface area contributed by atoms with Crippen molar-refractivity contribution in [2.75, 3.05) is 0 Å². The molecule has 2 N–H and O–H groups in total. The Balaban J connectivity index is 2.94. The third-order valence-electron chi connectivity index (χ3n) is 2.49. The molecular weight excluding hydrogens is 268 g/mol. The monoisotopic (exact) mass is 282 g/mol. The third-order valence-corrected chi connectivity index (χ3v) is 3.01. The molecule has 1 rings (SSSR count). The van der Waals surface area contributed by atoms with Crippen molar-refractivity contribution < 1.29 is 10.2 Å². The normalized spacial score (nSPS) is 14.9. The minimum absolute atomic E-state index is 0.799. The van der Waals surface area contributed by atoms with Gasteiger partial charge in [0, 0.05) is 10.0 Å². The fourth-order valence-electron chi connectivity index (χ4n) is 0.880. The molecule has 0 saturated heterocycles. The third kappa shape index (κ3) is 3.34. The van der Waals surface area contributed by atoms with Crippen LogP contribution in [0.5, 0.6) is 0 Å². The largest absolute Gasteiger partial charge is 0.386 e. The van der Waals surface area contributed by atoms with Crippen LogP contribution in [0.4, 0.5) is 0 Å². The fourth-order valence-corrected chi connectivity index (χ4v) is 1.14. The second kappa shape index (κ2) is 4.58. The lowest BCUT2D eigenvalue weighted by atomic mass is 9.88. The van der Waals surface area contributed by atoms with Crippen molar-refractivity contribution in [2.45, 2.75) is 32.0 Å². The van der Waals surface area contributed by atoms with Crippen LogP contribution in [-0.2, 0) is 0 Å². The summed E-state index contributed by atoms with van der Waals surface area (Å²) in [5.74, 6) is 5.51. The SMILES string of the molecule is CC(C)(O)C(C)(O)C#Cc1ccc(Br)cc1. The molecule has 0 spiro atoms. The average molecular weight is 283 g/mol. The van der Waals surface area contributed by atoms with Gasteiger partial charge in [-0.15, -0.1) is 0 Å². The molecule has 0 radical (unpaired) electrons. The molecule has 1 aromatic rings. The molecule has 3 heteroatoms. The number of rotatable bonds is 1. The maximum atomic E-state index is 9.93. The first-order valence-electron chi connectivity index (χ1n) is 4.96. The van der Waals surface area contributed by atoms with Crippen molar-refractivity contribution in [2.24, 2.45) is 0 Å². The van der Waals surface area contributed by atoms with Gasteiger partial charge in [-0.3, -0.25) is 0 Å². The van der Waals surface area contributed by atoms with E-state index in [-0.39, 0.29) is 0 Å². The summed E-state index contributed by atoms with van der Waals surface area (Å²) in [5, 5.41) is 19.6. The van der Waals surface area contributed by atoms with Crippen LogP contribution in [0.2, 0.25) is 0 Å². The van der Waals surface area contributed by atoms with E-state index in [1.807, 2.05) is 24.3 Å². The van der Waals surface area contributed by atoms with Crippen LogP contribution >= 0.6 is 15.9 Å². The van der Waals surface area contributed by atoms with Crippen molar-refractivity contribution in [3.05, 3.63) is 34.3 Å². The van der Waals surface area contributed by atoms with E-state index in [0.29, 0.717) is 0 Å². The Bertz CT molecular complexity index is 416. The molecule has 0 aliphatic rings. The van der Waals surface area contributed by atoms with Crippen LogP contribution in [-0.4, -0.2) is 21.4 Å². The number of benzene rings is 1. The van der Waals surface area contributed by atoms with Crippen LogP contribution in [0.1, 0.15) is 26.3 Å². The van der Waals surface area contributed by atoms with Crippen molar-refractivity contribution >= 4 is 15.9 Å². The zero-order valence-electron chi connectivity index (χ0n) is 9.58. The molecule has 1 aromatic carbocycles. The molecule has 0 amide bonds. The predicted molar refractivity (Wildman–Crippen MR) is 67.9 cm³/mol. The van der Waals surface area contributed by atoms with Gasteiger partial charge in [-0.25, -0.2) is 0 Å². The van der Waals surface area contributed by atoms with Gasteiger partial charge >= 0.3 is 0 Å². The lowest BCUT2D eigenvalue weighted by Gasteiger charge is -2.30. The van der Waals surface area contributed by atoms with E-state index in [4.69, 9.17) is 0 Å². The molecule has 16 heavy (non-hydrogen) atoms. The predicted octanol–water partition coefficient (Wildman–Crippen LogP) is 2.32. The molecule has 86 valence electrons. The molecule has 0 bridgehead atoms. The van der Waals surface area contributed by atoms with Crippen molar-refractivity contribution in [3.8, 4) is 11.8 Å². The van der Waals surface area contributed by atoms with Gasteiger partial charge in [-0.1, -0.05) is 27.8 Å². The van der Waals surface area contributed by atoms with Gasteiger partial charge < -0.3 is 10.2 Å². The van der Waals surface area contributed by atoms with Crippen molar-refractivity contribution in [1.82, 2.24) is 0 Å². The van der Waals surface area contributed by atoms with Crippen molar-refractivity contribution in [3.63, 3.8) is 0 Å². The van der Waals surface area contributed by atoms with Crippen LogP contribution in [0.25, 0.3) is 0 Å². The summed E-state index contributed by atoms with van der Waals surface area (Å²) in [5.41, 5.74) is -1.89. The van der Waals surface area contributed by atoms with Gasteiger partial charge in [0.05, 0.1) is 5.60 Å². The number of hydrogen-bond acceptors (Lipinski definition) is 2. The van der Waals surface area contributed by atoms with Gasteiger partial charge in [0.15, 0.2) is 5.60 Å². The maximum Gasteiger partial charge on any atom is 0.150 e. The van der Waals surface area contributed by atoms with E-state index < -0.39 is 11.2 Å². The zero-order valence-corrected chi connectivity index (χ0v) is 11.2. The lowest BCUT2D eigenvalue weighted by molar-refractivity contribution is -0.0820. The number of halogens is 1. The molecule has 0 aromatic heterocycles. The van der Waals surface area contributed by atoms with Crippen LogP contribution in [0.3, 0.4) is 0 Å². The standard InChI is InChI=1S/C13H15BrO2/c1-12(2,15)13(3,16)9-8-10-4-6-11(14)7-5-10/h4-7,15-16H,1-3H3. The minimum Gasteiger partial charge on any atom is -0.386 e. The first-order chi connectivity index (χ1) is 7.22. The van der Waals surface area contributed by atoms with E-state index >= 15 is 0 Å². The fraction of sp³-hybridized carbons (Fsp3) is 0.385. The molecular formula is C13H15BrO2. The molecule has 0 saturated carbocycles. The Labute approximate surface area is 104 Å². The second-order valence-corrected chi connectivity index (χ2v) is 5.30. The Hall–Kier alpha value is -0.820. The van der Waals surface area contributed by atoms with Crippen molar-refractivity contribution in [1.29, 1.82) is 0 Å². The summed E-state index contributed by atoms with van der Waals surface area (Å²) < 4.78 is 0.979. The minimum atomic E-state index is -1.43. The Morgan fingerprint density at radius 1 is 1.06 bits per heavy atom. The molecule has 0 heterocycles. The first-order valence-corrected chi connectivity index (χ1v) is 5.75. The second-order valence-electron chi connectivity index (χ2n) is 4.39. The van der Waals surface area contributed by atoms with Gasteiger partial charge in [0.2, 0.25) is 0 Å². The summed E-state index contributed by atoms with van der Waals surface area (Å²) in [6.45, 7) is 4.56. The average Bonchev–Trinajstić information content (AvgIpc) is 2.15. The smallest absolute Gasteiger partial charge is 0.150 e. The summed E-state index contributed by atoms with van der Waals surface area (Å²) in [6, 6.07) is 7.45. The molecule has 0 fully saturated rings. The van der Waals surface area contributed by atoms with Gasteiger partial charge in [0.25, 0.3) is 0 Å². The Kier molecular flexibility index (Phi) is 3.80. The van der Waals surface area contributed by atoms with E-state index in [9.17, 15) is 10.2 Å². The Morgan fingerprint density at radius 3 is 2.00 bits per heavy atom. The molecule has 2 nitrogen and oxygen atoms in total. The van der Waals surface area contributed by atoms with E-state index in [2.05, 4.69) is 27.8 Å². The van der Waals surface area contributed by atoms with Gasteiger partial charge in [-0.05, 0) is 45.0 Å². The number of hydrogen-bond donors (Lipinski definition) is 2. The summed E-state index contributed by atoms with van der Waals surface area (Å²) in [6.07, 6.45) is 0. The van der Waals surface area contributed by atoms with Crippen LogP contribution in [0, 0.1) is 11.8 Å². The summed E-state index contributed by atoms with van der Waals surface area (Å²) in [4.78, 5) is 0. The van der Waals surface area contributed by atoms with E-state index in [1.165, 1.54) is 20.8 Å². The van der Waals surface area contributed by atoms with E-state index in [1.54, 1.807) is 0 Å². The van der Waals surface area contributed by atoms with Gasteiger partial charge in [0.1, 0.15) is 0 Å². The molecule has 0 aliphatic heterocycles. The van der Waals surface area contributed by atoms with E-state index in [0.717, 1.165) is 10.0 Å². The quantitative estimate of drug-likeness (QED) is 0.777. The highest BCUT2D eigenvalue weighted by Crippen LogP contribution is 2.20. The molecule has 1 unspecified atom stereocenters. The zero-order chi connectivity index (χ0) is 12.4. The Morgan fingerprint density at radius 2 is 1.56 bits per heavy atom. The highest BCUT2D eigenvalue weighted by atomic mass is 79.9. The first kappa shape index (κ1) is 13.2. The molecule has 1 atom stereocenters. The van der Waals surface area contributed by atoms with Crippen LogP contribution in [0.15, 0.2) is 28.7 Å². The lowest BCUT2D eigenvalue weighted by Crippen LogP contribution is -2.46. The number of aliphatic hydroxyl groups is 2. The van der Waals surface area contributed by atoms with Gasteiger partial charge in [-0.2, -0.15) is 0 Å². The summed E-state index contributed by atoms with van der Waals surface area (Å²) in [7, 11) is 0. The maximum absolute atomic E-state index is 9.93.